The number of hydrogen-bond acceptors (Lipinski definition) is 6. The first-order chi connectivity index (χ1) is 14.1. The third-order valence-electron chi connectivity index (χ3n) is 5.61. The summed E-state index contributed by atoms with van der Waals surface area (Å²) in [6.45, 7) is 4.78. The van der Waals surface area contributed by atoms with Crippen LogP contribution in [0.4, 0.5) is 17.5 Å². The molecule has 3 N–H and O–H groups in total. The number of fused-ring (bicyclic) bond motifs is 1. The molecule has 0 bridgehead atoms. The molecule has 4 rings (SSSR count). The SMILES string of the molecule is CCn1ccc2cc(Nc3cc(C)ccn3)nc(N[C@H]3CC[C@@H](CO)C3)c2c1=O. The summed E-state index contributed by atoms with van der Waals surface area (Å²) in [5.74, 6) is 2.26. The Kier molecular flexibility index (Phi) is 5.49. The van der Waals surface area contributed by atoms with Crippen molar-refractivity contribution in [2.45, 2.75) is 45.7 Å². The molecular weight excluding hydrogens is 366 g/mol. The molecule has 0 radical (unpaired) electrons. The lowest BCUT2D eigenvalue weighted by atomic mass is 10.1. The summed E-state index contributed by atoms with van der Waals surface area (Å²) in [4.78, 5) is 22.1. The van der Waals surface area contributed by atoms with E-state index in [9.17, 15) is 9.90 Å². The van der Waals surface area contributed by atoms with Crippen molar-refractivity contribution in [1.82, 2.24) is 14.5 Å². The fraction of sp³-hybridized carbons (Fsp3) is 0.409. The summed E-state index contributed by atoms with van der Waals surface area (Å²) in [6.07, 6.45) is 6.40. The number of pyridine rings is 3. The van der Waals surface area contributed by atoms with Gasteiger partial charge in [0.05, 0.1) is 5.39 Å². The Bertz CT molecular complexity index is 1080. The van der Waals surface area contributed by atoms with Gasteiger partial charge in [-0.1, -0.05) is 0 Å². The Morgan fingerprint density at radius 3 is 2.83 bits per heavy atom. The second-order valence-electron chi connectivity index (χ2n) is 7.77. The Labute approximate surface area is 169 Å². The first-order valence-corrected chi connectivity index (χ1v) is 10.2. The predicted octanol–water partition coefficient (Wildman–Crippen LogP) is 3.44. The average Bonchev–Trinajstić information content (AvgIpc) is 3.16. The van der Waals surface area contributed by atoms with Gasteiger partial charge in [0.15, 0.2) is 0 Å². The van der Waals surface area contributed by atoms with Crippen LogP contribution in [0.3, 0.4) is 0 Å². The molecule has 1 aliphatic rings. The molecule has 0 aromatic carbocycles. The number of rotatable bonds is 6. The second kappa shape index (κ2) is 8.21. The highest BCUT2D eigenvalue weighted by molar-refractivity contribution is 5.93. The molecule has 3 aromatic rings. The Balaban J connectivity index is 1.75. The maximum Gasteiger partial charge on any atom is 0.262 e. The van der Waals surface area contributed by atoms with E-state index in [1.807, 2.05) is 44.3 Å². The topological polar surface area (TPSA) is 92.1 Å². The van der Waals surface area contributed by atoms with Crippen LogP contribution in [0.2, 0.25) is 0 Å². The monoisotopic (exact) mass is 393 g/mol. The van der Waals surface area contributed by atoms with Crippen molar-refractivity contribution in [3.8, 4) is 0 Å². The number of aromatic nitrogens is 3. The molecule has 0 amide bonds. The van der Waals surface area contributed by atoms with Gasteiger partial charge in [0, 0.05) is 31.6 Å². The molecular formula is C22H27N5O2. The largest absolute Gasteiger partial charge is 0.396 e. The lowest BCUT2D eigenvalue weighted by Crippen LogP contribution is -2.23. The smallest absolute Gasteiger partial charge is 0.262 e. The van der Waals surface area contributed by atoms with Gasteiger partial charge >= 0.3 is 0 Å². The first-order valence-electron chi connectivity index (χ1n) is 10.2. The maximum absolute atomic E-state index is 13.0. The number of nitrogens with one attached hydrogen (secondary N) is 2. The van der Waals surface area contributed by atoms with Gasteiger partial charge in [0.2, 0.25) is 0 Å². The second-order valence-corrected chi connectivity index (χ2v) is 7.77. The number of aliphatic hydroxyl groups is 1. The number of aryl methyl sites for hydroxylation is 2. The van der Waals surface area contributed by atoms with Crippen molar-refractivity contribution in [1.29, 1.82) is 0 Å². The molecule has 0 aliphatic heterocycles. The van der Waals surface area contributed by atoms with Gasteiger partial charge in [0.1, 0.15) is 17.5 Å². The first kappa shape index (κ1) is 19.4. The van der Waals surface area contributed by atoms with Crippen LogP contribution < -0.4 is 16.2 Å². The minimum atomic E-state index is -0.0445. The molecule has 3 aromatic heterocycles. The van der Waals surface area contributed by atoms with Crippen molar-refractivity contribution in [2.24, 2.45) is 5.92 Å². The Morgan fingerprint density at radius 1 is 1.24 bits per heavy atom. The van der Waals surface area contributed by atoms with Gasteiger partial charge in [-0.25, -0.2) is 9.97 Å². The number of aliphatic hydroxyl groups excluding tert-OH is 1. The minimum absolute atomic E-state index is 0.0445. The molecule has 29 heavy (non-hydrogen) atoms. The van der Waals surface area contributed by atoms with E-state index in [2.05, 4.69) is 15.6 Å². The standard InChI is InChI=1S/C22H27N5O2/c1-3-27-9-7-16-12-19(25-18-10-14(2)6-8-23-18)26-21(20(16)22(27)29)24-17-5-4-15(11-17)13-28/h6-10,12,15,17,28H,3-5,11,13H2,1-2H3,(H2,23,24,25,26)/t15-,17+/m1/s1. The van der Waals surface area contributed by atoms with Crippen LogP contribution in [0.5, 0.6) is 0 Å². The van der Waals surface area contributed by atoms with Crippen LogP contribution in [0.25, 0.3) is 10.8 Å². The Hall–Kier alpha value is -2.93. The van der Waals surface area contributed by atoms with Crippen molar-refractivity contribution in [3.63, 3.8) is 0 Å². The van der Waals surface area contributed by atoms with E-state index in [0.717, 1.165) is 30.2 Å². The highest BCUT2D eigenvalue weighted by Gasteiger charge is 2.25. The molecule has 1 fully saturated rings. The molecule has 1 aliphatic carbocycles. The molecule has 7 nitrogen and oxygen atoms in total. The van der Waals surface area contributed by atoms with Crippen LogP contribution in [0.1, 0.15) is 31.7 Å². The van der Waals surface area contributed by atoms with E-state index in [-0.39, 0.29) is 18.2 Å². The lowest BCUT2D eigenvalue weighted by molar-refractivity contribution is 0.229. The molecule has 0 unspecified atom stereocenters. The quantitative estimate of drug-likeness (QED) is 0.594. The van der Waals surface area contributed by atoms with Gasteiger partial charge in [-0.15, -0.1) is 0 Å². The van der Waals surface area contributed by atoms with Crippen molar-refractivity contribution in [3.05, 3.63) is 52.6 Å². The third-order valence-corrected chi connectivity index (χ3v) is 5.61. The van der Waals surface area contributed by atoms with Crippen LogP contribution >= 0.6 is 0 Å². The molecule has 152 valence electrons. The average molecular weight is 393 g/mol. The van der Waals surface area contributed by atoms with Gasteiger partial charge in [-0.05, 0) is 74.2 Å². The molecule has 2 atom stereocenters. The van der Waals surface area contributed by atoms with Crippen molar-refractivity contribution in [2.75, 3.05) is 17.2 Å². The fourth-order valence-electron chi connectivity index (χ4n) is 4.02. The molecule has 0 saturated heterocycles. The van der Waals surface area contributed by atoms with E-state index in [0.29, 0.717) is 35.3 Å². The summed E-state index contributed by atoms with van der Waals surface area (Å²) in [7, 11) is 0. The van der Waals surface area contributed by atoms with E-state index in [4.69, 9.17) is 4.98 Å². The number of nitrogens with zero attached hydrogens (tertiary/aromatic N) is 3. The highest BCUT2D eigenvalue weighted by Crippen LogP contribution is 2.30. The number of anilines is 3. The zero-order chi connectivity index (χ0) is 20.4. The molecule has 1 saturated carbocycles. The predicted molar refractivity (Wildman–Crippen MR) is 116 cm³/mol. The number of hydrogen-bond donors (Lipinski definition) is 3. The zero-order valence-corrected chi connectivity index (χ0v) is 16.9. The zero-order valence-electron chi connectivity index (χ0n) is 16.9. The van der Waals surface area contributed by atoms with Crippen LogP contribution in [0, 0.1) is 12.8 Å². The molecule has 7 heteroatoms. The summed E-state index contributed by atoms with van der Waals surface area (Å²) in [5.41, 5.74) is 1.06. The van der Waals surface area contributed by atoms with Crippen LogP contribution in [0.15, 0.2) is 41.5 Å². The summed E-state index contributed by atoms with van der Waals surface area (Å²) in [6, 6.07) is 7.93. The third kappa shape index (κ3) is 4.10. The van der Waals surface area contributed by atoms with E-state index >= 15 is 0 Å². The van der Waals surface area contributed by atoms with E-state index < -0.39 is 0 Å². The summed E-state index contributed by atoms with van der Waals surface area (Å²) < 4.78 is 1.69. The lowest BCUT2D eigenvalue weighted by Gasteiger charge is -2.17. The molecule has 0 spiro atoms. The van der Waals surface area contributed by atoms with E-state index in [1.165, 1.54) is 0 Å². The minimum Gasteiger partial charge on any atom is -0.396 e. The van der Waals surface area contributed by atoms with Gasteiger partial charge in [0.25, 0.3) is 5.56 Å². The van der Waals surface area contributed by atoms with Crippen LogP contribution in [-0.4, -0.2) is 32.3 Å². The maximum atomic E-state index is 13.0. The normalized spacial score (nSPS) is 18.9. The molecule has 3 heterocycles. The van der Waals surface area contributed by atoms with Crippen molar-refractivity contribution < 1.29 is 5.11 Å². The summed E-state index contributed by atoms with van der Waals surface area (Å²) in [5, 5.41) is 17.6. The Morgan fingerprint density at radius 2 is 2.10 bits per heavy atom. The van der Waals surface area contributed by atoms with Crippen molar-refractivity contribution >= 4 is 28.2 Å². The van der Waals surface area contributed by atoms with Gasteiger partial charge in [-0.2, -0.15) is 0 Å². The fourth-order valence-corrected chi connectivity index (χ4v) is 4.02. The van der Waals surface area contributed by atoms with E-state index in [1.54, 1.807) is 10.8 Å². The van der Waals surface area contributed by atoms with Gasteiger partial charge < -0.3 is 20.3 Å². The van der Waals surface area contributed by atoms with Crippen LogP contribution in [-0.2, 0) is 6.54 Å². The summed E-state index contributed by atoms with van der Waals surface area (Å²) >= 11 is 0. The van der Waals surface area contributed by atoms with Gasteiger partial charge in [-0.3, -0.25) is 4.79 Å². The highest BCUT2D eigenvalue weighted by atomic mass is 16.3.